The molecule has 2 aliphatic rings. The van der Waals surface area contributed by atoms with Crippen LogP contribution in [0.3, 0.4) is 0 Å². The van der Waals surface area contributed by atoms with Gasteiger partial charge in [-0.2, -0.15) is 0 Å². The summed E-state index contributed by atoms with van der Waals surface area (Å²) in [6.07, 6.45) is 10.1. The zero-order valence-electron chi connectivity index (χ0n) is 11.3. The molecular formula is C15H29N. The average molecular weight is 223 g/mol. The molecule has 2 fully saturated rings. The molecule has 2 aliphatic carbocycles. The topological polar surface area (TPSA) is 12.0 Å². The summed E-state index contributed by atoms with van der Waals surface area (Å²) in [5, 5.41) is 3.89. The van der Waals surface area contributed by atoms with Gasteiger partial charge in [-0.05, 0) is 56.8 Å². The highest BCUT2D eigenvalue weighted by Gasteiger charge is 2.41. The van der Waals surface area contributed by atoms with Gasteiger partial charge in [0.1, 0.15) is 0 Å². The molecule has 0 aromatic heterocycles. The monoisotopic (exact) mass is 223 g/mol. The lowest BCUT2D eigenvalue weighted by atomic mass is 9.83. The zero-order valence-corrected chi connectivity index (χ0v) is 11.3. The van der Waals surface area contributed by atoms with Crippen molar-refractivity contribution in [1.29, 1.82) is 0 Å². The lowest BCUT2D eigenvalue weighted by Crippen LogP contribution is -2.42. The lowest BCUT2D eigenvalue weighted by molar-refractivity contribution is 0.239. The van der Waals surface area contributed by atoms with E-state index in [2.05, 4.69) is 26.1 Å². The molecular weight excluding hydrogens is 194 g/mol. The van der Waals surface area contributed by atoms with E-state index >= 15 is 0 Å². The Kier molecular flexibility index (Phi) is 4.29. The summed E-state index contributed by atoms with van der Waals surface area (Å²) >= 11 is 0. The quantitative estimate of drug-likeness (QED) is 0.718. The first kappa shape index (κ1) is 12.4. The number of rotatable bonds is 6. The van der Waals surface area contributed by atoms with E-state index in [1.54, 1.807) is 6.42 Å². The Morgan fingerprint density at radius 1 is 1.19 bits per heavy atom. The fourth-order valence-corrected chi connectivity index (χ4v) is 4.16. The van der Waals surface area contributed by atoms with Crippen LogP contribution >= 0.6 is 0 Å². The fraction of sp³-hybridized carbons (Fsp3) is 1.00. The molecule has 2 bridgehead atoms. The van der Waals surface area contributed by atoms with Gasteiger partial charge in [0.25, 0.3) is 0 Å². The van der Waals surface area contributed by atoms with Gasteiger partial charge in [-0.3, -0.25) is 0 Å². The van der Waals surface area contributed by atoms with Crippen LogP contribution in [0.1, 0.15) is 65.7 Å². The fourth-order valence-electron chi connectivity index (χ4n) is 4.16. The van der Waals surface area contributed by atoms with Gasteiger partial charge in [0.15, 0.2) is 0 Å². The molecule has 1 nitrogen and oxygen atoms in total. The molecule has 2 saturated carbocycles. The third kappa shape index (κ3) is 2.61. The van der Waals surface area contributed by atoms with Gasteiger partial charge in [-0.1, -0.05) is 26.7 Å². The van der Waals surface area contributed by atoms with E-state index in [-0.39, 0.29) is 0 Å². The summed E-state index contributed by atoms with van der Waals surface area (Å²) in [6, 6.07) is 1.52. The molecule has 0 heterocycles. The number of fused-ring (bicyclic) bond motifs is 2. The molecule has 5 atom stereocenters. The predicted octanol–water partition coefficient (Wildman–Crippen LogP) is 3.98. The van der Waals surface area contributed by atoms with E-state index in [4.69, 9.17) is 0 Å². The Balaban J connectivity index is 1.80. The first-order valence-electron chi connectivity index (χ1n) is 7.50. The SMILES string of the molecule is CCCC(CC)NC(C)C1CC2CCC1C2. The molecule has 0 saturated heterocycles. The number of nitrogens with one attached hydrogen (secondary N) is 1. The lowest BCUT2D eigenvalue weighted by Gasteiger charge is -2.31. The largest absolute Gasteiger partial charge is 0.311 e. The summed E-state index contributed by atoms with van der Waals surface area (Å²) in [6.45, 7) is 7.05. The van der Waals surface area contributed by atoms with E-state index in [0.29, 0.717) is 0 Å². The van der Waals surface area contributed by atoms with Crippen molar-refractivity contribution in [3.8, 4) is 0 Å². The van der Waals surface area contributed by atoms with Crippen molar-refractivity contribution in [1.82, 2.24) is 5.32 Å². The second kappa shape index (κ2) is 5.53. The van der Waals surface area contributed by atoms with Crippen LogP contribution in [0.15, 0.2) is 0 Å². The third-order valence-corrected chi connectivity index (χ3v) is 5.06. The first-order valence-corrected chi connectivity index (χ1v) is 7.50. The Morgan fingerprint density at radius 3 is 2.50 bits per heavy atom. The zero-order chi connectivity index (χ0) is 11.5. The van der Waals surface area contributed by atoms with Crippen LogP contribution in [-0.2, 0) is 0 Å². The molecule has 0 aromatic carbocycles. The van der Waals surface area contributed by atoms with Gasteiger partial charge in [-0.25, -0.2) is 0 Å². The minimum Gasteiger partial charge on any atom is -0.311 e. The number of hydrogen-bond donors (Lipinski definition) is 1. The van der Waals surface area contributed by atoms with E-state index < -0.39 is 0 Å². The van der Waals surface area contributed by atoms with Crippen molar-refractivity contribution in [2.45, 2.75) is 77.8 Å². The van der Waals surface area contributed by atoms with Crippen LogP contribution in [-0.4, -0.2) is 12.1 Å². The molecule has 94 valence electrons. The van der Waals surface area contributed by atoms with Gasteiger partial charge in [0, 0.05) is 12.1 Å². The Labute approximate surface area is 101 Å². The maximum atomic E-state index is 3.89. The van der Waals surface area contributed by atoms with Gasteiger partial charge in [-0.15, -0.1) is 0 Å². The van der Waals surface area contributed by atoms with Crippen LogP contribution in [0, 0.1) is 17.8 Å². The van der Waals surface area contributed by atoms with E-state index in [9.17, 15) is 0 Å². The Bertz CT molecular complexity index is 213. The molecule has 2 rings (SSSR count). The minimum absolute atomic E-state index is 0.756. The van der Waals surface area contributed by atoms with Crippen LogP contribution in [0.2, 0.25) is 0 Å². The van der Waals surface area contributed by atoms with Crippen molar-refractivity contribution < 1.29 is 0 Å². The van der Waals surface area contributed by atoms with Gasteiger partial charge in [0.05, 0.1) is 0 Å². The molecule has 0 spiro atoms. The molecule has 16 heavy (non-hydrogen) atoms. The highest BCUT2D eigenvalue weighted by atomic mass is 15.0. The molecule has 0 aliphatic heterocycles. The van der Waals surface area contributed by atoms with Crippen molar-refractivity contribution in [3.63, 3.8) is 0 Å². The third-order valence-electron chi connectivity index (χ3n) is 5.06. The number of hydrogen-bond acceptors (Lipinski definition) is 1. The second-order valence-electron chi connectivity index (χ2n) is 6.19. The maximum Gasteiger partial charge on any atom is 0.00723 e. The van der Waals surface area contributed by atoms with Gasteiger partial charge < -0.3 is 5.32 Å². The maximum absolute atomic E-state index is 3.89. The molecule has 1 heteroatoms. The van der Waals surface area contributed by atoms with Crippen molar-refractivity contribution in [3.05, 3.63) is 0 Å². The van der Waals surface area contributed by atoms with Gasteiger partial charge in [0.2, 0.25) is 0 Å². The smallest absolute Gasteiger partial charge is 0.00723 e. The van der Waals surface area contributed by atoms with Crippen molar-refractivity contribution in [2.75, 3.05) is 0 Å². The molecule has 0 radical (unpaired) electrons. The minimum atomic E-state index is 0.756. The normalized spacial score (nSPS) is 36.6. The highest BCUT2D eigenvalue weighted by Crippen LogP contribution is 2.49. The molecule has 1 N–H and O–H groups in total. The summed E-state index contributed by atoms with van der Waals surface area (Å²) in [4.78, 5) is 0. The van der Waals surface area contributed by atoms with Crippen LogP contribution in [0.4, 0.5) is 0 Å². The van der Waals surface area contributed by atoms with E-state index in [1.165, 1.54) is 38.5 Å². The van der Waals surface area contributed by atoms with Gasteiger partial charge >= 0.3 is 0 Å². The average Bonchev–Trinajstić information content (AvgIpc) is 2.89. The summed E-state index contributed by atoms with van der Waals surface area (Å²) in [7, 11) is 0. The Morgan fingerprint density at radius 2 is 2.00 bits per heavy atom. The summed E-state index contributed by atoms with van der Waals surface area (Å²) in [5.74, 6) is 3.14. The van der Waals surface area contributed by atoms with Crippen LogP contribution < -0.4 is 5.32 Å². The van der Waals surface area contributed by atoms with Crippen LogP contribution in [0.5, 0.6) is 0 Å². The predicted molar refractivity (Wildman–Crippen MR) is 70.5 cm³/mol. The first-order chi connectivity index (χ1) is 7.74. The Hall–Kier alpha value is -0.0400. The standard InChI is InChI=1S/C15H29N/c1-4-6-14(5-2)16-11(3)15-10-12-7-8-13(15)9-12/h11-16H,4-10H2,1-3H3. The molecule has 5 unspecified atom stereocenters. The van der Waals surface area contributed by atoms with Crippen molar-refractivity contribution in [2.24, 2.45) is 17.8 Å². The van der Waals surface area contributed by atoms with Crippen molar-refractivity contribution >= 4 is 0 Å². The highest BCUT2D eigenvalue weighted by molar-refractivity contribution is 4.94. The summed E-state index contributed by atoms with van der Waals surface area (Å²) < 4.78 is 0. The second-order valence-corrected chi connectivity index (χ2v) is 6.19. The summed E-state index contributed by atoms with van der Waals surface area (Å²) in [5.41, 5.74) is 0. The van der Waals surface area contributed by atoms with E-state index in [0.717, 1.165) is 29.8 Å². The van der Waals surface area contributed by atoms with E-state index in [1.807, 2.05) is 0 Å². The molecule has 0 aromatic rings. The molecule has 0 amide bonds. The van der Waals surface area contributed by atoms with Crippen LogP contribution in [0.25, 0.3) is 0 Å².